The molecule has 0 aliphatic carbocycles. The maximum Gasteiger partial charge on any atom is 0.309 e. The average Bonchev–Trinajstić information content (AvgIpc) is 2.02. The molecule has 0 fully saturated rings. The lowest BCUT2D eigenvalue weighted by atomic mass is 10.1. The van der Waals surface area contributed by atoms with Crippen LogP contribution in [-0.2, 0) is 9.59 Å². The minimum absolute atomic E-state index is 0.537. The molecule has 0 bridgehead atoms. The number of carbonyl (C=O) groups is 2. The summed E-state index contributed by atoms with van der Waals surface area (Å²) in [6.07, 6.45) is 0.892. The van der Waals surface area contributed by atoms with Gasteiger partial charge in [-0.05, 0) is 12.3 Å². The van der Waals surface area contributed by atoms with E-state index in [0.717, 1.165) is 6.42 Å². The van der Waals surface area contributed by atoms with Gasteiger partial charge in [0.25, 0.3) is 0 Å². The smallest absolute Gasteiger partial charge is 0.309 e. The Morgan fingerprint density at radius 3 is 2.25 bits per heavy atom. The molecule has 12 heavy (non-hydrogen) atoms. The van der Waals surface area contributed by atoms with Gasteiger partial charge in [-0.2, -0.15) is 0 Å². The highest BCUT2D eigenvalue weighted by Crippen LogP contribution is 1.95. The predicted molar refractivity (Wildman–Crippen MR) is 46.5 cm³/mol. The number of carbonyl (C=O) groups excluding carboxylic acids is 2. The largest absolute Gasteiger partial charge is 0.351 e. The van der Waals surface area contributed by atoms with Crippen LogP contribution in [0.2, 0.25) is 0 Å². The Morgan fingerprint density at radius 2 is 1.83 bits per heavy atom. The minimum Gasteiger partial charge on any atom is -0.351 e. The van der Waals surface area contributed by atoms with Gasteiger partial charge in [0, 0.05) is 13.6 Å². The fourth-order valence-electron chi connectivity index (χ4n) is 0.668. The van der Waals surface area contributed by atoms with Crippen LogP contribution in [0.15, 0.2) is 0 Å². The van der Waals surface area contributed by atoms with Crippen LogP contribution >= 0.6 is 0 Å². The van der Waals surface area contributed by atoms with Crippen molar-refractivity contribution in [2.24, 2.45) is 5.92 Å². The zero-order chi connectivity index (χ0) is 9.56. The summed E-state index contributed by atoms with van der Waals surface area (Å²) in [6.45, 7) is 4.68. The summed E-state index contributed by atoms with van der Waals surface area (Å²) in [4.78, 5) is 21.5. The van der Waals surface area contributed by atoms with Crippen LogP contribution in [0.25, 0.3) is 0 Å². The molecule has 0 heterocycles. The van der Waals surface area contributed by atoms with E-state index in [0.29, 0.717) is 12.5 Å². The Kier molecular flexibility index (Phi) is 5.08. The zero-order valence-corrected chi connectivity index (χ0v) is 7.81. The summed E-state index contributed by atoms with van der Waals surface area (Å²) in [5.74, 6) is -0.605. The first-order valence-electron chi connectivity index (χ1n) is 4.07. The van der Waals surface area contributed by atoms with E-state index in [2.05, 4.69) is 24.5 Å². The minimum atomic E-state index is -0.584. The van der Waals surface area contributed by atoms with Crippen LogP contribution in [0.1, 0.15) is 20.3 Å². The Labute approximate surface area is 72.7 Å². The van der Waals surface area contributed by atoms with E-state index >= 15 is 0 Å². The van der Waals surface area contributed by atoms with Gasteiger partial charge in [-0.3, -0.25) is 9.59 Å². The highest BCUT2D eigenvalue weighted by molar-refractivity contribution is 6.34. The predicted octanol–water partition coefficient (Wildman–Crippen LogP) is -0.105. The highest BCUT2D eigenvalue weighted by Gasteiger charge is 2.09. The lowest BCUT2D eigenvalue weighted by Crippen LogP contribution is -2.38. The summed E-state index contributed by atoms with van der Waals surface area (Å²) in [5.41, 5.74) is 0. The molecule has 0 aliphatic rings. The van der Waals surface area contributed by atoms with E-state index in [1.807, 2.05) is 0 Å². The van der Waals surface area contributed by atoms with Crippen LogP contribution in [0.5, 0.6) is 0 Å². The molecular formula is C8H16N2O2. The SMILES string of the molecule is CNC(=O)C(=O)NCCC(C)C. The molecule has 2 amide bonds. The van der Waals surface area contributed by atoms with Crippen molar-refractivity contribution in [3.63, 3.8) is 0 Å². The third-order valence-corrected chi connectivity index (χ3v) is 1.44. The molecule has 0 saturated heterocycles. The molecule has 0 saturated carbocycles. The Bertz CT molecular complexity index is 166. The van der Waals surface area contributed by atoms with Crippen molar-refractivity contribution in [3.05, 3.63) is 0 Å². The molecule has 0 aromatic carbocycles. The topological polar surface area (TPSA) is 58.2 Å². The van der Waals surface area contributed by atoms with Gasteiger partial charge >= 0.3 is 11.8 Å². The van der Waals surface area contributed by atoms with Gasteiger partial charge in [0.15, 0.2) is 0 Å². The first kappa shape index (κ1) is 10.9. The highest BCUT2D eigenvalue weighted by atomic mass is 16.2. The lowest BCUT2D eigenvalue weighted by Gasteiger charge is -2.05. The molecule has 4 nitrogen and oxygen atoms in total. The summed E-state index contributed by atoms with van der Waals surface area (Å²) < 4.78 is 0. The van der Waals surface area contributed by atoms with Gasteiger partial charge in [0.1, 0.15) is 0 Å². The second kappa shape index (κ2) is 5.57. The molecule has 4 heteroatoms. The van der Waals surface area contributed by atoms with E-state index in [9.17, 15) is 9.59 Å². The van der Waals surface area contributed by atoms with Gasteiger partial charge in [0.2, 0.25) is 0 Å². The zero-order valence-electron chi connectivity index (χ0n) is 7.81. The monoisotopic (exact) mass is 172 g/mol. The first-order chi connectivity index (χ1) is 5.57. The van der Waals surface area contributed by atoms with Crippen LogP contribution in [0.3, 0.4) is 0 Å². The summed E-state index contributed by atoms with van der Waals surface area (Å²) in [7, 11) is 1.43. The summed E-state index contributed by atoms with van der Waals surface area (Å²) in [6, 6.07) is 0. The number of hydrogen-bond donors (Lipinski definition) is 2. The maximum atomic E-state index is 10.8. The lowest BCUT2D eigenvalue weighted by molar-refractivity contribution is -0.138. The summed E-state index contributed by atoms with van der Waals surface area (Å²) >= 11 is 0. The fourth-order valence-corrected chi connectivity index (χ4v) is 0.668. The van der Waals surface area contributed by atoms with Crippen molar-refractivity contribution >= 4 is 11.8 Å². The Morgan fingerprint density at radius 1 is 1.25 bits per heavy atom. The van der Waals surface area contributed by atoms with Crippen molar-refractivity contribution < 1.29 is 9.59 Å². The van der Waals surface area contributed by atoms with Crippen LogP contribution in [0.4, 0.5) is 0 Å². The molecule has 70 valence electrons. The van der Waals surface area contributed by atoms with Gasteiger partial charge in [-0.15, -0.1) is 0 Å². The number of hydrogen-bond acceptors (Lipinski definition) is 2. The second-order valence-corrected chi connectivity index (χ2v) is 3.02. The van der Waals surface area contributed by atoms with E-state index in [4.69, 9.17) is 0 Å². The number of amides is 2. The molecule has 0 atom stereocenters. The molecule has 0 aromatic heterocycles. The molecule has 2 N–H and O–H groups in total. The molecule has 0 aliphatic heterocycles. The third kappa shape index (κ3) is 4.71. The van der Waals surface area contributed by atoms with Gasteiger partial charge < -0.3 is 10.6 Å². The van der Waals surface area contributed by atoms with E-state index in [-0.39, 0.29) is 0 Å². The number of nitrogens with one attached hydrogen (secondary N) is 2. The third-order valence-electron chi connectivity index (χ3n) is 1.44. The quantitative estimate of drug-likeness (QED) is 0.584. The van der Waals surface area contributed by atoms with Gasteiger partial charge in [-0.25, -0.2) is 0 Å². The maximum absolute atomic E-state index is 10.8. The molecular weight excluding hydrogens is 156 g/mol. The van der Waals surface area contributed by atoms with E-state index in [1.54, 1.807) is 0 Å². The van der Waals surface area contributed by atoms with Crippen molar-refractivity contribution in [2.75, 3.05) is 13.6 Å². The normalized spacial score (nSPS) is 9.67. The van der Waals surface area contributed by atoms with Gasteiger partial charge in [-0.1, -0.05) is 13.8 Å². The summed E-state index contributed by atoms with van der Waals surface area (Å²) in [5, 5.41) is 4.77. The van der Waals surface area contributed by atoms with Crippen molar-refractivity contribution in [3.8, 4) is 0 Å². The second-order valence-electron chi connectivity index (χ2n) is 3.02. The standard InChI is InChI=1S/C8H16N2O2/c1-6(2)4-5-10-8(12)7(11)9-3/h6H,4-5H2,1-3H3,(H,9,11)(H,10,12). The van der Waals surface area contributed by atoms with Crippen LogP contribution < -0.4 is 10.6 Å². The molecule has 0 radical (unpaired) electrons. The molecule has 0 spiro atoms. The van der Waals surface area contributed by atoms with E-state index in [1.165, 1.54) is 7.05 Å². The number of likely N-dealkylation sites (N-methyl/N-ethyl adjacent to an activating group) is 1. The van der Waals surface area contributed by atoms with E-state index < -0.39 is 11.8 Å². The fraction of sp³-hybridized carbons (Fsp3) is 0.750. The van der Waals surface area contributed by atoms with Crippen LogP contribution in [-0.4, -0.2) is 25.4 Å². The van der Waals surface area contributed by atoms with Crippen LogP contribution in [0, 0.1) is 5.92 Å². The van der Waals surface area contributed by atoms with Crippen molar-refractivity contribution in [1.29, 1.82) is 0 Å². The number of rotatable bonds is 3. The van der Waals surface area contributed by atoms with Crippen molar-refractivity contribution in [2.45, 2.75) is 20.3 Å². The molecule has 0 rings (SSSR count). The Hall–Kier alpha value is -1.06. The Balaban J connectivity index is 3.51. The van der Waals surface area contributed by atoms with Crippen molar-refractivity contribution in [1.82, 2.24) is 10.6 Å². The molecule has 0 unspecified atom stereocenters. The molecule has 0 aromatic rings. The average molecular weight is 172 g/mol. The first-order valence-corrected chi connectivity index (χ1v) is 4.07. The van der Waals surface area contributed by atoms with Gasteiger partial charge in [0.05, 0.1) is 0 Å².